The Balaban J connectivity index is 0.00000106. The summed E-state index contributed by atoms with van der Waals surface area (Å²) in [6.07, 6.45) is 9.96. The molecule has 1 aliphatic heterocycles. The zero-order valence-corrected chi connectivity index (χ0v) is 12.1. The normalized spacial score (nSPS) is 18.0. The predicted molar refractivity (Wildman–Crippen MR) is 74.9 cm³/mol. The van der Waals surface area contributed by atoms with E-state index in [1.807, 2.05) is 13.8 Å². The maximum Gasteiger partial charge on any atom is -0.00162 e. The molecule has 0 bridgehead atoms. The highest BCUT2D eigenvalue weighted by Gasteiger charge is 2.14. The molecule has 0 amide bonds. The lowest BCUT2D eigenvalue weighted by Crippen LogP contribution is -2.33. The molecule has 1 nitrogen and oxygen atoms in total. The van der Waals surface area contributed by atoms with Gasteiger partial charge in [-0.05, 0) is 44.8 Å². The van der Waals surface area contributed by atoms with Crippen molar-refractivity contribution in [3.63, 3.8) is 0 Å². The molecule has 0 aromatic carbocycles. The minimum Gasteiger partial charge on any atom is -0.303 e. The van der Waals surface area contributed by atoms with E-state index in [0.717, 1.165) is 5.92 Å². The summed E-state index contributed by atoms with van der Waals surface area (Å²) in [5.74, 6) is 0.978. The van der Waals surface area contributed by atoms with Gasteiger partial charge in [-0.3, -0.25) is 0 Å². The van der Waals surface area contributed by atoms with Crippen molar-refractivity contribution in [1.29, 1.82) is 0 Å². The fourth-order valence-corrected chi connectivity index (χ4v) is 2.22. The number of likely N-dealkylation sites (tertiary alicyclic amines) is 1. The summed E-state index contributed by atoms with van der Waals surface area (Å²) in [6.45, 7) is 12.7. The van der Waals surface area contributed by atoms with Crippen LogP contribution in [0.2, 0.25) is 0 Å². The third-order valence-electron chi connectivity index (χ3n) is 3.45. The number of hydrogen-bond acceptors (Lipinski definition) is 1. The lowest BCUT2D eigenvalue weighted by molar-refractivity contribution is 0.189. The lowest BCUT2D eigenvalue weighted by Gasteiger charge is -2.30. The molecule has 0 aromatic rings. The van der Waals surface area contributed by atoms with Crippen LogP contribution >= 0.6 is 0 Å². The van der Waals surface area contributed by atoms with E-state index in [4.69, 9.17) is 0 Å². The van der Waals surface area contributed by atoms with Gasteiger partial charge in [0.05, 0.1) is 0 Å². The lowest BCUT2D eigenvalue weighted by atomic mass is 9.99. The van der Waals surface area contributed by atoms with Crippen LogP contribution in [0.4, 0.5) is 0 Å². The van der Waals surface area contributed by atoms with Gasteiger partial charge in [-0.2, -0.15) is 0 Å². The van der Waals surface area contributed by atoms with Crippen LogP contribution in [0, 0.1) is 5.92 Å². The fourth-order valence-electron chi connectivity index (χ4n) is 2.22. The minimum atomic E-state index is 0.978. The first-order valence-corrected chi connectivity index (χ1v) is 7.55. The molecule has 98 valence electrons. The number of rotatable bonds is 6. The second-order valence-corrected chi connectivity index (χ2v) is 4.94. The Labute approximate surface area is 104 Å². The SMILES string of the molecule is CC.CCCCCCCN1CCC(C)CC1. The van der Waals surface area contributed by atoms with Crippen molar-refractivity contribution in [2.45, 2.75) is 72.6 Å². The Kier molecular flexibility index (Phi) is 11.4. The van der Waals surface area contributed by atoms with Crippen LogP contribution in [0.15, 0.2) is 0 Å². The van der Waals surface area contributed by atoms with Gasteiger partial charge in [0.2, 0.25) is 0 Å². The van der Waals surface area contributed by atoms with Crippen molar-refractivity contribution < 1.29 is 0 Å². The molecule has 1 aliphatic rings. The number of unbranched alkanes of at least 4 members (excludes halogenated alkanes) is 4. The molecule has 0 atom stereocenters. The highest BCUT2D eigenvalue weighted by Crippen LogP contribution is 2.16. The standard InChI is InChI=1S/C13H27N.C2H6/c1-3-4-5-6-7-10-14-11-8-13(2)9-12-14;1-2/h13H,3-12H2,1-2H3;1-2H3. The fraction of sp³-hybridized carbons (Fsp3) is 1.00. The maximum absolute atomic E-state index is 2.66. The van der Waals surface area contributed by atoms with E-state index in [-0.39, 0.29) is 0 Å². The average Bonchev–Trinajstić information content (AvgIpc) is 2.34. The Bertz CT molecular complexity index is 125. The predicted octanol–water partition coefficient (Wildman–Crippen LogP) is 4.71. The van der Waals surface area contributed by atoms with Crippen molar-refractivity contribution in [3.8, 4) is 0 Å². The second kappa shape index (κ2) is 11.4. The second-order valence-electron chi connectivity index (χ2n) is 4.94. The first-order valence-electron chi connectivity index (χ1n) is 7.55. The molecule has 0 saturated carbocycles. The third kappa shape index (κ3) is 8.15. The van der Waals surface area contributed by atoms with E-state index in [1.54, 1.807) is 0 Å². The van der Waals surface area contributed by atoms with Crippen LogP contribution in [0.25, 0.3) is 0 Å². The summed E-state index contributed by atoms with van der Waals surface area (Å²) >= 11 is 0. The van der Waals surface area contributed by atoms with Gasteiger partial charge in [0, 0.05) is 0 Å². The smallest absolute Gasteiger partial charge is 0.00162 e. The van der Waals surface area contributed by atoms with E-state index < -0.39 is 0 Å². The van der Waals surface area contributed by atoms with E-state index in [2.05, 4.69) is 18.7 Å². The van der Waals surface area contributed by atoms with Crippen LogP contribution in [-0.2, 0) is 0 Å². The molecule has 0 radical (unpaired) electrons. The molecule has 16 heavy (non-hydrogen) atoms. The zero-order valence-electron chi connectivity index (χ0n) is 12.1. The maximum atomic E-state index is 2.66. The van der Waals surface area contributed by atoms with Crippen molar-refractivity contribution in [1.82, 2.24) is 4.90 Å². The van der Waals surface area contributed by atoms with E-state index >= 15 is 0 Å². The monoisotopic (exact) mass is 227 g/mol. The first-order chi connectivity index (χ1) is 7.83. The molecule has 0 unspecified atom stereocenters. The van der Waals surface area contributed by atoms with Gasteiger partial charge in [-0.1, -0.05) is 53.4 Å². The summed E-state index contributed by atoms with van der Waals surface area (Å²) in [4.78, 5) is 2.66. The van der Waals surface area contributed by atoms with Crippen LogP contribution < -0.4 is 0 Å². The average molecular weight is 227 g/mol. The van der Waals surface area contributed by atoms with Crippen LogP contribution in [-0.4, -0.2) is 24.5 Å². The van der Waals surface area contributed by atoms with E-state index in [1.165, 1.54) is 64.6 Å². The van der Waals surface area contributed by atoms with E-state index in [9.17, 15) is 0 Å². The molecular weight excluding hydrogens is 194 g/mol. The summed E-state index contributed by atoms with van der Waals surface area (Å²) in [6, 6.07) is 0. The largest absolute Gasteiger partial charge is 0.303 e. The number of piperidine rings is 1. The molecule has 0 N–H and O–H groups in total. The minimum absolute atomic E-state index is 0.978. The van der Waals surface area contributed by atoms with E-state index in [0.29, 0.717) is 0 Å². The van der Waals surface area contributed by atoms with Gasteiger partial charge in [-0.15, -0.1) is 0 Å². The summed E-state index contributed by atoms with van der Waals surface area (Å²) in [5, 5.41) is 0. The number of hydrogen-bond donors (Lipinski definition) is 0. The molecule has 1 saturated heterocycles. The van der Waals surface area contributed by atoms with Crippen LogP contribution in [0.5, 0.6) is 0 Å². The molecule has 1 rings (SSSR count). The van der Waals surface area contributed by atoms with Crippen molar-refractivity contribution >= 4 is 0 Å². The van der Waals surface area contributed by atoms with Crippen molar-refractivity contribution in [2.75, 3.05) is 19.6 Å². The summed E-state index contributed by atoms with van der Waals surface area (Å²) in [5.41, 5.74) is 0. The van der Waals surface area contributed by atoms with Crippen molar-refractivity contribution in [2.24, 2.45) is 5.92 Å². The van der Waals surface area contributed by atoms with Crippen molar-refractivity contribution in [3.05, 3.63) is 0 Å². The molecule has 0 aliphatic carbocycles. The molecular formula is C15H33N. The molecule has 1 fully saturated rings. The van der Waals surface area contributed by atoms with Gasteiger partial charge in [-0.25, -0.2) is 0 Å². The van der Waals surface area contributed by atoms with Gasteiger partial charge < -0.3 is 4.90 Å². The summed E-state index contributed by atoms with van der Waals surface area (Å²) < 4.78 is 0. The molecule has 0 spiro atoms. The van der Waals surface area contributed by atoms with Gasteiger partial charge in [0.15, 0.2) is 0 Å². The Hall–Kier alpha value is -0.0400. The quantitative estimate of drug-likeness (QED) is 0.594. The molecule has 1 heteroatoms. The summed E-state index contributed by atoms with van der Waals surface area (Å²) in [7, 11) is 0. The topological polar surface area (TPSA) is 3.24 Å². The van der Waals surface area contributed by atoms with Gasteiger partial charge in [0.25, 0.3) is 0 Å². The molecule has 0 aromatic heterocycles. The highest BCUT2D eigenvalue weighted by molar-refractivity contribution is 4.68. The van der Waals surface area contributed by atoms with Gasteiger partial charge >= 0.3 is 0 Å². The van der Waals surface area contributed by atoms with Crippen LogP contribution in [0.3, 0.4) is 0 Å². The first kappa shape index (κ1) is 16.0. The van der Waals surface area contributed by atoms with Gasteiger partial charge in [0.1, 0.15) is 0 Å². The van der Waals surface area contributed by atoms with Crippen LogP contribution in [0.1, 0.15) is 72.6 Å². The Morgan fingerprint density at radius 3 is 2.06 bits per heavy atom. The zero-order chi connectivity index (χ0) is 12.2. The Morgan fingerprint density at radius 2 is 1.50 bits per heavy atom. The number of nitrogens with zero attached hydrogens (tertiary/aromatic N) is 1. The molecule has 1 heterocycles. The third-order valence-corrected chi connectivity index (χ3v) is 3.45. The Morgan fingerprint density at radius 1 is 0.938 bits per heavy atom. The highest BCUT2D eigenvalue weighted by atomic mass is 15.1.